The van der Waals surface area contributed by atoms with Gasteiger partial charge in [0.1, 0.15) is 0 Å². The van der Waals surface area contributed by atoms with Crippen LogP contribution in [0.2, 0.25) is 0 Å². The molecular formula is C18H19N. The normalized spacial score (nSPS) is 11.8. The van der Waals surface area contributed by atoms with Crippen LogP contribution in [-0.2, 0) is 6.42 Å². The Morgan fingerprint density at radius 3 is 2.37 bits per heavy atom. The number of benzene rings is 2. The molecule has 2 rings (SSSR count). The van der Waals surface area contributed by atoms with E-state index in [-0.39, 0.29) is 0 Å². The van der Waals surface area contributed by atoms with Gasteiger partial charge in [-0.05, 0) is 41.2 Å². The molecule has 0 heterocycles. The number of hydrogen-bond donors (Lipinski definition) is 0. The fourth-order valence-corrected chi connectivity index (χ4v) is 2.22. The van der Waals surface area contributed by atoms with Crippen molar-refractivity contribution in [3.05, 3.63) is 59.7 Å². The van der Waals surface area contributed by atoms with Gasteiger partial charge in [-0.15, -0.1) is 0 Å². The van der Waals surface area contributed by atoms with Crippen LogP contribution in [0.5, 0.6) is 0 Å². The van der Waals surface area contributed by atoms with Gasteiger partial charge >= 0.3 is 0 Å². The number of rotatable bonds is 4. The van der Waals surface area contributed by atoms with Gasteiger partial charge in [0.15, 0.2) is 0 Å². The molecule has 0 fully saturated rings. The van der Waals surface area contributed by atoms with Crippen molar-refractivity contribution >= 4 is 0 Å². The van der Waals surface area contributed by atoms with E-state index in [1.54, 1.807) is 0 Å². The Morgan fingerprint density at radius 1 is 1.05 bits per heavy atom. The minimum absolute atomic E-state index is 0.694. The summed E-state index contributed by atoms with van der Waals surface area (Å²) in [4.78, 5) is 0. The van der Waals surface area contributed by atoms with Gasteiger partial charge in [0.2, 0.25) is 0 Å². The highest BCUT2D eigenvalue weighted by atomic mass is 14.2. The van der Waals surface area contributed by atoms with Gasteiger partial charge in [0.25, 0.3) is 0 Å². The first-order chi connectivity index (χ1) is 9.24. The maximum absolute atomic E-state index is 8.85. The highest BCUT2D eigenvalue weighted by Crippen LogP contribution is 2.26. The predicted octanol–water partition coefficient (Wildman–Crippen LogP) is 4.81. The molecule has 19 heavy (non-hydrogen) atoms. The van der Waals surface area contributed by atoms with Gasteiger partial charge in [0, 0.05) is 0 Å². The van der Waals surface area contributed by atoms with Crippen molar-refractivity contribution in [3.63, 3.8) is 0 Å². The van der Waals surface area contributed by atoms with E-state index >= 15 is 0 Å². The standard InChI is InChI=1S/C18H19N/c1-3-14(2)12-17-6-4-5-7-18(17)16-10-8-15(13-19)9-11-16/h4-11,14H,3,12H2,1-2H3. The molecule has 0 aromatic heterocycles. The molecule has 1 atom stereocenters. The van der Waals surface area contributed by atoms with Gasteiger partial charge in [-0.3, -0.25) is 0 Å². The second-order valence-corrected chi connectivity index (χ2v) is 5.06. The van der Waals surface area contributed by atoms with Crippen molar-refractivity contribution in [1.82, 2.24) is 0 Å². The first-order valence-corrected chi connectivity index (χ1v) is 6.83. The second kappa shape index (κ2) is 6.20. The Kier molecular flexibility index (Phi) is 4.36. The van der Waals surface area contributed by atoms with Gasteiger partial charge in [-0.2, -0.15) is 5.26 Å². The third kappa shape index (κ3) is 3.23. The van der Waals surface area contributed by atoms with Gasteiger partial charge in [-0.25, -0.2) is 0 Å². The van der Waals surface area contributed by atoms with E-state index < -0.39 is 0 Å². The highest BCUT2D eigenvalue weighted by Gasteiger charge is 2.07. The van der Waals surface area contributed by atoms with Crippen molar-refractivity contribution in [3.8, 4) is 17.2 Å². The largest absolute Gasteiger partial charge is 0.192 e. The molecule has 0 saturated heterocycles. The quantitative estimate of drug-likeness (QED) is 0.762. The molecule has 0 saturated carbocycles. The number of nitriles is 1. The van der Waals surface area contributed by atoms with Crippen molar-refractivity contribution in [1.29, 1.82) is 5.26 Å². The maximum atomic E-state index is 8.85. The SMILES string of the molecule is CCC(C)Cc1ccccc1-c1ccc(C#N)cc1. The summed E-state index contributed by atoms with van der Waals surface area (Å²) >= 11 is 0. The molecule has 1 nitrogen and oxygen atoms in total. The summed E-state index contributed by atoms with van der Waals surface area (Å²) in [5, 5.41) is 8.85. The summed E-state index contributed by atoms with van der Waals surface area (Å²) in [5.74, 6) is 0.694. The minimum Gasteiger partial charge on any atom is -0.192 e. The lowest BCUT2D eigenvalue weighted by Crippen LogP contribution is -1.99. The van der Waals surface area contributed by atoms with E-state index in [1.807, 2.05) is 24.3 Å². The Balaban J connectivity index is 2.35. The van der Waals surface area contributed by atoms with Crippen molar-refractivity contribution in [2.45, 2.75) is 26.7 Å². The van der Waals surface area contributed by atoms with Crippen LogP contribution in [0.3, 0.4) is 0 Å². The Hall–Kier alpha value is -2.07. The summed E-state index contributed by atoms with van der Waals surface area (Å²) in [6.07, 6.45) is 2.30. The van der Waals surface area contributed by atoms with Crippen LogP contribution in [0.15, 0.2) is 48.5 Å². The summed E-state index contributed by atoms with van der Waals surface area (Å²) in [7, 11) is 0. The smallest absolute Gasteiger partial charge is 0.0991 e. The van der Waals surface area contributed by atoms with Crippen LogP contribution in [0, 0.1) is 17.2 Å². The van der Waals surface area contributed by atoms with Crippen LogP contribution in [-0.4, -0.2) is 0 Å². The average molecular weight is 249 g/mol. The molecule has 0 radical (unpaired) electrons. The van der Waals surface area contributed by atoms with E-state index in [0.717, 1.165) is 6.42 Å². The minimum atomic E-state index is 0.694. The van der Waals surface area contributed by atoms with Crippen LogP contribution in [0.1, 0.15) is 31.4 Å². The monoisotopic (exact) mass is 249 g/mol. The van der Waals surface area contributed by atoms with E-state index in [0.29, 0.717) is 11.5 Å². The molecule has 1 unspecified atom stereocenters. The number of nitrogens with zero attached hydrogens (tertiary/aromatic N) is 1. The lowest BCUT2D eigenvalue weighted by atomic mass is 9.92. The maximum Gasteiger partial charge on any atom is 0.0991 e. The summed E-state index contributed by atoms with van der Waals surface area (Å²) < 4.78 is 0. The molecule has 0 spiro atoms. The first kappa shape index (κ1) is 13.4. The zero-order valence-electron chi connectivity index (χ0n) is 11.6. The molecule has 96 valence electrons. The zero-order valence-corrected chi connectivity index (χ0v) is 11.6. The van der Waals surface area contributed by atoms with Gasteiger partial charge in [-0.1, -0.05) is 56.7 Å². The van der Waals surface area contributed by atoms with Crippen molar-refractivity contribution in [2.24, 2.45) is 5.92 Å². The fourth-order valence-electron chi connectivity index (χ4n) is 2.22. The summed E-state index contributed by atoms with van der Waals surface area (Å²) in [5.41, 5.74) is 4.58. The second-order valence-electron chi connectivity index (χ2n) is 5.06. The van der Waals surface area contributed by atoms with E-state index in [2.05, 4.69) is 44.2 Å². The molecule has 0 bridgehead atoms. The first-order valence-electron chi connectivity index (χ1n) is 6.83. The molecule has 2 aromatic carbocycles. The van der Waals surface area contributed by atoms with Crippen molar-refractivity contribution < 1.29 is 0 Å². The molecule has 0 aliphatic carbocycles. The number of hydrogen-bond acceptors (Lipinski definition) is 1. The molecule has 0 aliphatic heterocycles. The molecule has 1 heteroatoms. The Morgan fingerprint density at radius 2 is 1.74 bits per heavy atom. The lowest BCUT2D eigenvalue weighted by Gasteiger charge is -2.13. The fraction of sp³-hybridized carbons (Fsp3) is 0.278. The third-order valence-electron chi connectivity index (χ3n) is 3.61. The van der Waals surface area contributed by atoms with E-state index in [9.17, 15) is 0 Å². The summed E-state index contributed by atoms with van der Waals surface area (Å²) in [6, 6.07) is 18.6. The van der Waals surface area contributed by atoms with Crippen LogP contribution in [0.4, 0.5) is 0 Å². The van der Waals surface area contributed by atoms with Crippen molar-refractivity contribution in [2.75, 3.05) is 0 Å². The average Bonchev–Trinajstić information content (AvgIpc) is 2.48. The van der Waals surface area contributed by atoms with Gasteiger partial charge in [0.05, 0.1) is 11.6 Å². The van der Waals surface area contributed by atoms with Crippen LogP contribution >= 0.6 is 0 Å². The zero-order chi connectivity index (χ0) is 13.7. The molecule has 2 aromatic rings. The highest BCUT2D eigenvalue weighted by molar-refractivity contribution is 5.68. The van der Waals surface area contributed by atoms with Crippen LogP contribution < -0.4 is 0 Å². The lowest BCUT2D eigenvalue weighted by molar-refractivity contribution is 0.561. The van der Waals surface area contributed by atoms with Crippen LogP contribution in [0.25, 0.3) is 11.1 Å². The summed E-state index contributed by atoms with van der Waals surface area (Å²) in [6.45, 7) is 4.52. The molecular weight excluding hydrogens is 230 g/mol. The third-order valence-corrected chi connectivity index (χ3v) is 3.61. The Bertz CT molecular complexity index is 575. The van der Waals surface area contributed by atoms with Gasteiger partial charge < -0.3 is 0 Å². The molecule has 0 aliphatic rings. The topological polar surface area (TPSA) is 23.8 Å². The Labute approximate surface area is 115 Å². The predicted molar refractivity (Wildman–Crippen MR) is 79.8 cm³/mol. The molecule has 0 amide bonds. The van der Waals surface area contributed by atoms with E-state index in [1.165, 1.54) is 23.1 Å². The van der Waals surface area contributed by atoms with E-state index in [4.69, 9.17) is 5.26 Å². The molecule has 0 N–H and O–H groups in total.